The van der Waals surface area contributed by atoms with Gasteiger partial charge in [-0.3, -0.25) is 0 Å². The Kier molecular flexibility index (Phi) is 4.98. The van der Waals surface area contributed by atoms with Gasteiger partial charge in [-0.05, 0) is 24.3 Å². The molecule has 0 heterocycles. The molecule has 0 radical (unpaired) electrons. The van der Waals surface area contributed by atoms with Crippen LogP contribution in [-0.2, 0) is 0 Å². The Morgan fingerprint density at radius 3 is 2.67 bits per heavy atom. The molecule has 0 saturated heterocycles. The van der Waals surface area contributed by atoms with Crippen LogP contribution in [0.4, 0.5) is 14.5 Å². The molecule has 2 N–H and O–H groups in total. The number of methoxy groups -OCH3 is 1. The van der Waals surface area contributed by atoms with Crippen LogP contribution in [0.25, 0.3) is 0 Å². The molecule has 3 nitrogen and oxygen atoms in total. The lowest BCUT2D eigenvalue weighted by Crippen LogP contribution is -2.14. The molecule has 0 bridgehead atoms. The molecule has 0 saturated carbocycles. The van der Waals surface area contributed by atoms with Gasteiger partial charge in [0.15, 0.2) is 0 Å². The minimum absolute atomic E-state index is 0.0184. The number of hydrogen-bond acceptors (Lipinski definition) is 3. The second-order valence-corrected chi connectivity index (χ2v) is 4.84. The van der Waals surface area contributed by atoms with Gasteiger partial charge in [0.2, 0.25) is 0 Å². The van der Waals surface area contributed by atoms with Crippen molar-refractivity contribution in [3.63, 3.8) is 0 Å². The summed E-state index contributed by atoms with van der Waals surface area (Å²) < 4.78 is 31.6. The molecule has 2 aromatic rings. The summed E-state index contributed by atoms with van der Waals surface area (Å²) >= 11 is 5.89. The minimum atomic E-state index is -1.13. The predicted octanol–water partition coefficient (Wildman–Crippen LogP) is 3.77. The summed E-state index contributed by atoms with van der Waals surface area (Å²) in [6, 6.07) is 8.03. The first-order valence-electron chi connectivity index (χ1n) is 6.21. The highest BCUT2D eigenvalue weighted by atomic mass is 35.5. The average molecular weight is 314 g/mol. The van der Waals surface area contributed by atoms with Crippen LogP contribution in [0.3, 0.4) is 0 Å². The van der Waals surface area contributed by atoms with Gasteiger partial charge in [0, 0.05) is 23.2 Å². The van der Waals surface area contributed by atoms with E-state index in [2.05, 4.69) is 5.32 Å². The molecule has 2 rings (SSSR count). The smallest absolute Gasteiger partial charge is 0.142 e. The molecule has 0 aliphatic rings. The molecule has 0 fully saturated rings. The van der Waals surface area contributed by atoms with Crippen molar-refractivity contribution in [3.05, 3.63) is 58.6 Å². The van der Waals surface area contributed by atoms with Crippen molar-refractivity contribution in [2.45, 2.75) is 6.10 Å². The Morgan fingerprint density at radius 2 is 2.00 bits per heavy atom. The molecule has 0 aromatic heterocycles. The van der Waals surface area contributed by atoms with Gasteiger partial charge < -0.3 is 15.2 Å². The Bertz CT molecular complexity index is 637. The number of rotatable bonds is 5. The number of hydrogen-bond donors (Lipinski definition) is 2. The summed E-state index contributed by atoms with van der Waals surface area (Å²) in [5.41, 5.74) is 0.594. The monoisotopic (exact) mass is 313 g/mol. The quantitative estimate of drug-likeness (QED) is 0.883. The van der Waals surface area contributed by atoms with Gasteiger partial charge >= 0.3 is 0 Å². The van der Waals surface area contributed by atoms with Gasteiger partial charge in [-0.1, -0.05) is 17.7 Å². The van der Waals surface area contributed by atoms with E-state index in [-0.39, 0.29) is 12.1 Å². The van der Waals surface area contributed by atoms with E-state index in [1.165, 1.54) is 13.2 Å². The van der Waals surface area contributed by atoms with E-state index in [0.717, 1.165) is 12.1 Å². The van der Waals surface area contributed by atoms with E-state index in [1.807, 2.05) is 0 Å². The van der Waals surface area contributed by atoms with E-state index in [4.69, 9.17) is 16.3 Å². The highest BCUT2D eigenvalue weighted by Gasteiger charge is 2.14. The Labute approximate surface area is 126 Å². The summed E-state index contributed by atoms with van der Waals surface area (Å²) in [4.78, 5) is 0. The number of halogens is 3. The van der Waals surface area contributed by atoms with Gasteiger partial charge in [0.25, 0.3) is 0 Å². The number of nitrogens with one attached hydrogen (secondary N) is 1. The normalized spacial score (nSPS) is 12.0. The van der Waals surface area contributed by atoms with E-state index >= 15 is 0 Å². The zero-order chi connectivity index (χ0) is 15.4. The van der Waals surface area contributed by atoms with Gasteiger partial charge in [-0.15, -0.1) is 0 Å². The number of anilines is 1. The molecule has 21 heavy (non-hydrogen) atoms. The van der Waals surface area contributed by atoms with Crippen LogP contribution in [0.5, 0.6) is 5.75 Å². The fourth-order valence-electron chi connectivity index (χ4n) is 1.91. The van der Waals surface area contributed by atoms with Crippen LogP contribution < -0.4 is 10.1 Å². The van der Waals surface area contributed by atoms with Gasteiger partial charge in [-0.2, -0.15) is 0 Å². The molecule has 6 heteroatoms. The van der Waals surface area contributed by atoms with Gasteiger partial charge in [-0.25, -0.2) is 8.78 Å². The topological polar surface area (TPSA) is 41.5 Å². The van der Waals surface area contributed by atoms with Crippen molar-refractivity contribution < 1.29 is 18.6 Å². The maximum Gasteiger partial charge on any atom is 0.142 e. The van der Waals surface area contributed by atoms with Crippen LogP contribution in [0.15, 0.2) is 36.4 Å². The van der Waals surface area contributed by atoms with E-state index < -0.39 is 17.7 Å². The zero-order valence-electron chi connectivity index (χ0n) is 11.2. The first-order valence-corrected chi connectivity index (χ1v) is 6.59. The summed E-state index contributed by atoms with van der Waals surface area (Å²) in [7, 11) is 1.50. The molecule has 2 aromatic carbocycles. The first-order chi connectivity index (χ1) is 10.0. The van der Waals surface area contributed by atoms with Crippen molar-refractivity contribution in [2.24, 2.45) is 0 Å². The highest BCUT2D eigenvalue weighted by molar-refractivity contribution is 6.30. The molecule has 0 aliphatic carbocycles. The van der Waals surface area contributed by atoms with Crippen LogP contribution >= 0.6 is 11.6 Å². The zero-order valence-corrected chi connectivity index (χ0v) is 12.0. The SMILES string of the molecule is COc1ccc(Cl)cc1NCC(O)c1ccc(F)cc1F. The maximum atomic E-state index is 13.6. The largest absolute Gasteiger partial charge is 0.495 e. The fourth-order valence-corrected chi connectivity index (χ4v) is 2.08. The second-order valence-electron chi connectivity index (χ2n) is 4.41. The molecular formula is C15H14ClF2NO2. The Hall–Kier alpha value is -1.85. The molecule has 1 unspecified atom stereocenters. The van der Waals surface area contributed by atoms with E-state index in [1.54, 1.807) is 18.2 Å². The molecule has 0 amide bonds. The molecule has 0 aliphatic heterocycles. The second kappa shape index (κ2) is 6.74. The minimum Gasteiger partial charge on any atom is -0.495 e. The Morgan fingerprint density at radius 1 is 1.24 bits per heavy atom. The molecular weight excluding hydrogens is 300 g/mol. The average Bonchev–Trinajstić information content (AvgIpc) is 2.45. The molecule has 112 valence electrons. The first kappa shape index (κ1) is 15.5. The van der Waals surface area contributed by atoms with Crippen molar-refractivity contribution >= 4 is 17.3 Å². The Balaban J connectivity index is 2.10. The van der Waals surface area contributed by atoms with Gasteiger partial charge in [0.05, 0.1) is 18.9 Å². The van der Waals surface area contributed by atoms with Crippen molar-refractivity contribution in [1.29, 1.82) is 0 Å². The van der Waals surface area contributed by atoms with E-state index in [9.17, 15) is 13.9 Å². The highest BCUT2D eigenvalue weighted by Crippen LogP contribution is 2.28. The summed E-state index contributed by atoms with van der Waals surface area (Å²) in [5, 5.41) is 13.4. The van der Waals surface area contributed by atoms with Crippen LogP contribution in [0.1, 0.15) is 11.7 Å². The number of aliphatic hydroxyl groups is 1. The van der Waals surface area contributed by atoms with Crippen LogP contribution in [-0.4, -0.2) is 18.8 Å². The third-order valence-corrected chi connectivity index (χ3v) is 3.20. The third kappa shape index (κ3) is 3.83. The molecule has 1 atom stereocenters. The number of aliphatic hydroxyl groups excluding tert-OH is 1. The number of benzene rings is 2. The van der Waals surface area contributed by atoms with Crippen molar-refractivity contribution in [1.82, 2.24) is 0 Å². The third-order valence-electron chi connectivity index (χ3n) is 2.97. The predicted molar refractivity (Wildman–Crippen MR) is 77.8 cm³/mol. The lowest BCUT2D eigenvalue weighted by atomic mass is 10.1. The lowest BCUT2D eigenvalue weighted by Gasteiger charge is -2.16. The summed E-state index contributed by atoms with van der Waals surface area (Å²) in [6.45, 7) is 0.0270. The van der Waals surface area contributed by atoms with Crippen molar-refractivity contribution in [2.75, 3.05) is 19.0 Å². The van der Waals surface area contributed by atoms with E-state index in [0.29, 0.717) is 16.5 Å². The summed E-state index contributed by atoms with van der Waals surface area (Å²) in [6.07, 6.45) is -1.13. The van der Waals surface area contributed by atoms with Crippen LogP contribution in [0, 0.1) is 11.6 Å². The lowest BCUT2D eigenvalue weighted by molar-refractivity contribution is 0.186. The molecule has 0 spiro atoms. The summed E-state index contributed by atoms with van der Waals surface area (Å²) in [5.74, 6) is -0.929. The van der Waals surface area contributed by atoms with Crippen molar-refractivity contribution in [3.8, 4) is 5.75 Å². The fraction of sp³-hybridized carbons (Fsp3) is 0.200. The standard InChI is InChI=1S/C15H14ClF2NO2/c1-21-15-5-2-9(16)6-13(15)19-8-14(20)11-4-3-10(17)7-12(11)18/h2-7,14,19-20H,8H2,1H3. The maximum absolute atomic E-state index is 13.6. The van der Waals surface area contributed by atoms with Gasteiger partial charge in [0.1, 0.15) is 17.4 Å². The number of ether oxygens (including phenoxy) is 1. The van der Waals surface area contributed by atoms with Crippen LogP contribution in [0.2, 0.25) is 5.02 Å².